The second kappa shape index (κ2) is 7.15. The highest BCUT2D eigenvalue weighted by atomic mass is 35.5. The highest BCUT2D eigenvalue weighted by Crippen LogP contribution is 2.37. The Balaban J connectivity index is 0.00000176. The molecule has 1 aromatic carbocycles. The van der Waals surface area contributed by atoms with Crippen molar-refractivity contribution in [2.75, 3.05) is 25.7 Å². The minimum absolute atomic E-state index is 0. The number of rotatable bonds is 5. The Morgan fingerprint density at radius 2 is 2.18 bits per heavy atom. The van der Waals surface area contributed by atoms with Gasteiger partial charge in [-0.05, 0) is 24.7 Å². The Bertz CT molecular complexity index is 659. The highest BCUT2D eigenvalue weighted by molar-refractivity contribution is 5.94. The minimum atomic E-state index is -0.0735. The maximum Gasteiger partial charge on any atom is 0.231 e. The average molecular weight is 325 g/mol. The van der Waals surface area contributed by atoms with Crippen LogP contribution in [0.5, 0.6) is 11.5 Å². The van der Waals surface area contributed by atoms with Crippen LogP contribution in [0.4, 0.5) is 5.82 Å². The van der Waals surface area contributed by atoms with Crippen molar-refractivity contribution in [2.45, 2.75) is 6.42 Å². The van der Waals surface area contributed by atoms with Gasteiger partial charge < -0.3 is 20.1 Å². The van der Waals surface area contributed by atoms with Crippen molar-refractivity contribution in [3.63, 3.8) is 0 Å². The van der Waals surface area contributed by atoms with Crippen LogP contribution in [-0.2, 0) is 4.79 Å². The Labute approximate surface area is 133 Å². The third-order valence-electron chi connectivity index (χ3n) is 3.19. The molecule has 0 spiro atoms. The minimum Gasteiger partial charge on any atom is -0.454 e. The number of benzene rings is 1. The van der Waals surface area contributed by atoms with Crippen molar-refractivity contribution in [3.05, 3.63) is 24.4 Å². The van der Waals surface area contributed by atoms with Crippen LogP contribution >= 0.6 is 12.4 Å². The van der Waals surface area contributed by atoms with Gasteiger partial charge in [-0.2, -0.15) is 5.10 Å². The van der Waals surface area contributed by atoms with Crippen molar-refractivity contribution < 1.29 is 14.3 Å². The fourth-order valence-corrected chi connectivity index (χ4v) is 2.10. The van der Waals surface area contributed by atoms with Crippen molar-refractivity contribution in [3.8, 4) is 22.6 Å². The van der Waals surface area contributed by atoms with Gasteiger partial charge >= 0.3 is 0 Å². The summed E-state index contributed by atoms with van der Waals surface area (Å²) in [7, 11) is 1.81. The van der Waals surface area contributed by atoms with E-state index in [4.69, 9.17) is 9.47 Å². The summed E-state index contributed by atoms with van der Waals surface area (Å²) in [5.74, 6) is 1.92. The average Bonchev–Trinajstić information content (AvgIpc) is 3.12. The third-order valence-corrected chi connectivity index (χ3v) is 3.19. The number of nitrogens with zero attached hydrogens (tertiary/aromatic N) is 1. The van der Waals surface area contributed by atoms with E-state index in [1.54, 1.807) is 6.20 Å². The van der Waals surface area contributed by atoms with E-state index in [1.807, 2.05) is 25.2 Å². The number of aromatic amines is 1. The number of hydrogen-bond donors (Lipinski definition) is 3. The standard InChI is InChI=1S/C14H16N4O3.ClH/c1-15-5-4-13(19)17-14-10(7-16-18-14)9-2-3-11-12(6-9)21-8-20-11;/h2-3,6-7,15H,4-5,8H2,1H3,(H2,16,17,18,19);1H. The molecular formula is C14H17ClN4O3. The highest BCUT2D eigenvalue weighted by Gasteiger charge is 2.16. The Kier molecular flexibility index (Phi) is 5.24. The van der Waals surface area contributed by atoms with E-state index < -0.39 is 0 Å². The van der Waals surface area contributed by atoms with E-state index in [-0.39, 0.29) is 25.1 Å². The van der Waals surface area contributed by atoms with Gasteiger partial charge in [0.05, 0.1) is 6.20 Å². The Morgan fingerprint density at radius 3 is 3.00 bits per heavy atom. The normalized spacial score (nSPS) is 11.9. The van der Waals surface area contributed by atoms with Crippen LogP contribution in [0.3, 0.4) is 0 Å². The molecule has 1 aliphatic heterocycles. The number of nitrogens with one attached hydrogen (secondary N) is 3. The predicted molar refractivity (Wildman–Crippen MR) is 84.6 cm³/mol. The number of carbonyl (C=O) groups excluding carboxylic acids is 1. The Morgan fingerprint density at radius 1 is 1.36 bits per heavy atom. The van der Waals surface area contributed by atoms with E-state index in [1.165, 1.54) is 0 Å². The summed E-state index contributed by atoms with van der Waals surface area (Å²) in [6, 6.07) is 5.62. The first-order valence-corrected chi connectivity index (χ1v) is 6.66. The van der Waals surface area contributed by atoms with Crippen LogP contribution in [0.1, 0.15) is 6.42 Å². The lowest BCUT2D eigenvalue weighted by molar-refractivity contribution is -0.116. The topological polar surface area (TPSA) is 88.3 Å². The smallest absolute Gasteiger partial charge is 0.231 e. The van der Waals surface area contributed by atoms with E-state index >= 15 is 0 Å². The molecule has 2 heterocycles. The second-order valence-corrected chi connectivity index (χ2v) is 4.63. The molecule has 118 valence electrons. The van der Waals surface area contributed by atoms with Crippen molar-refractivity contribution in [2.24, 2.45) is 0 Å². The van der Waals surface area contributed by atoms with E-state index in [9.17, 15) is 4.79 Å². The first-order valence-electron chi connectivity index (χ1n) is 6.66. The zero-order valence-electron chi connectivity index (χ0n) is 12.0. The zero-order valence-corrected chi connectivity index (χ0v) is 12.8. The van der Waals surface area contributed by atoms with Crippen LogP contribution in [0.15, 0.2) is 24.4 Å². The summed E-state index contributed by atoms with van der Waals surface area (Å²) in [5, 5.41) is 12.6. The first-order chi connectivity index (χ1) is 10.3. The molecule has 1 amide bonds. The SMILES string of the molecule is CNCCC(=O)Nc1[nH]ncc1-c1ccc2c(c1)OCO2.Cl. The van der Waals surface area contributed by atoms with Gasteiger partial charge in [0, 0.05) is 18.5 Å². The van der Waals surface area contributed by atoms with Gasteiger partial charge in [0.25, 0.3) is 0 Å². The lowest BCUT2D eigenvalue weighted by Gasteiger charge is -2.06. The van der Waals surface area contributed by atoms with E-state index in [0.717, 1.165) is 16.9 Å². The van der Waals surface area contributed by atoms with Crippen LogP contribution in [0.25, 0.3) is 11.1 Å². The molecule has 0 unspecified atom stereocenters. The van der Waals surface area contributed by atoms with Gasteiger partial charge in [0.2, 0.25) is 12.7 Å². The fraction of sp³-hybridized carbons (Fsp3) is 0.286. The van der Waals surface area contributed by atoms with Gasteiger partial charge in [0.1, 0.15) is 5.82 Å². The van der Waals surface area contributed by atoms with Crippen molar-refractivity contribution in [1.82, 2.24) is 15.5 Å². The summed E-state index contributed by atoms with van der Waals surface area (Å²) in [6.45, 7) is 0.858. The molecule has 2 aromatic rings. The molecular weight excluding hydrogens is 308 g/mol. The summed E-state index contributed by atoms with van der Waals surface area (Å²) in [6.07, 6.45) is 2.07. The van der Waals surface area contributed by atoms with Crippen LogP contribution in [0.2, 0.25) is 0 Å². The van der Waals surface area contributed by atoms with Crippen LogP contribution < -0.4 is 20.1 Å². The first kappa shape index (κ1) is 16.1. The molecule has 8 heteroatoms. The molecule has 0 saturated heterocycles. The van der Waals surface area contributed by atoms with Crippen LogP contribution in [0, 0.1) is 0 Å². The van der Waals surface area contributed by atoms with Gasteiger partial charge in [-0.3, -0.25) is 9.89 Å². The number of ether oxygens (including phenoxy) is 2. The number of aromatic nitrogens is 2. The molecule has 1 aliphatic rings. The van der Waals surface area contributed by atoms with Gasteiger partial charge in [-0.25, -0.2) is 0 Å². The van der Waals surface area contributed by atoms with Gasteiger partial charge in [0.15, 0.2) is 11.5 Å². The molecule has 7 nitrogen and oxygen atoms in total. The monoisotopic (exact) mass is 324 g/mol. The molecule has 0 bridgehead atoms. The number of H-pyrrole nitrogens is 1. The fourth-order valence-electron chi connectivity index (χ4n) is 2.10. The van der Waals surface area contributed by atoms with E-state index in [0.29, 0.717) is 24.5 Å². The molecule has 1 aromatic heterocycles. The van der Waals surface area contributed by atoms with Gasteiger partial charge in [-0.1, -0.05) is 6.07 Å². The summed E-state index contributed by atoms with van der Waals surface area (Å²) in [5.41, 5.74) is 1.71. The predicted octanol–water partition coefficient (Wildman–Crippen LogP) is 1.78. The maximum absolute atomic E-state index is 11.8. The van der Waals surface area contributed by atoms with E-state index in [2.05, 4.69) is 20.8 Å². The quantitative estimate of drug-likeness (QED) is 0.780. The number of fused-ring (bicyclic) bond motifs is 1. The molecule has 0 radical (unpaired) electrons. The molecule has 0 aliphatic carbocycles. The molecule has 22 heavy (non-hydrogen) atoms. The van der Waals surface area contributed by atoms with Gasteiger partial charge in [-0.15, -0.1) is 12.4 Å². The summed E-state index contributed by atoms with van der Waals surface area (Å²) >= 11 is 0. The Hall–Kier alpha value is -2.25. The summed E-state index contributed by atoms with van der Waals surface area (Å²) in [4.78, 5) is 11.8. The number of hydrogen-bond acceptors (Lipinski definition) is 5. The molecule has 3 rings (SSSR count). The lowest BCUT2D eigenvalue weighted by atomic mass is 10.1. The second-order valence-electron chi connectivity index (χ2n) is 4.63. The number of anilines is 1. The van der Waals surface area contributed by atoms with Crippen molar-refractivity contribution in [1.29, 1.82) is 0 Å². The maximum atomic E-state index is 11.8. The third kappa shape index (κ3) is 3.32. The lowest BCUT2D eigenvalue weighted by Crippen LogP contribution is -2.19. The number of halogens is 1. The number of carbonyl (C=O) groups is 1. The number of amides is 1. The molecule has 0 atom stereocenters. The van der Waals surface area contributed by atoms with Crippen molar-refractivity contribution >= 4 is 24.1 Å². The molecule has 3 N–H and O–H groups in total. The largest absolute Gasteiger partial charge is 0.454 e. The molecule has 0 fully saturated rings. The molecule has 0 saturated carbocycles. The summed E-state index contributed by atoms with van der Waals surface area (Å²) < 4.78 is 10.7. The zero-order chi connectivity index (χ0) is 14.7. The van der Waals surface area contributed by atoms with Crippen LogP contribution in [-0.4, -0.2) is 36.5 Å².